The number of hydrogen-bond acceptors (Lipinski definition) is 4. The molecule has 0 saturated carbocycles. The molecule has 6 heteroatoms. The maximum Gasteiger partial charge on any atom is 0.231 e. The smallest absolute Gasteiger partial charge is 0.231 e. The molecule has 3 rings (SSSR count). The molecule has 0 radical (unpaired) electrons. The number of thiazole rings is 1. The molecule has 1 aromatic carbocycles. The highest BCUT2D eigenvalue weighted by Crippen LogP contribution is 2.29. The van der Waals surface area contributed by atoms with Gasteiger partial charge in [0.05, 0.1) is 11.6 Å². The van der Waals surface area contributed by atoms with E-state index in [1.54, 1.807) is 4.90 Å². The van der Waals surface area contributed by atoms with Crippen molar-refractivity contribution in [3.8, 4) is 0 Å². The summed E-state index contributed by atoms with van der Waals surface area (Å²) in [7, 11) is 0. The first-order chi connectivity index (χ1) is 10.9. The van der Waals surface area contributed by atoms with Crippen molar-refractivity contribution in [3.63, 3.8) is 0 Å². The standard InChI is InChI=1S/C17H19N3O2S/c1-10-4-5-11(2)14(6-10)20-8-13(7-15(20)21)16(22)19-17-18-12(3)9-23-17/h4-6,9,13H,7-8H2,1-3H3,(H,18,19,22). The van der Waals surface area contributed by atoms with E-state index in [0.717, 1.165) is 22.5 Å². The average Bonchev–Trinajstić information content (AvgIpc) is 3.08. The molecule has 1 N–H and O–H groups in total. The molecule has 23 heavy (non-hydrogen) atoms. The van der Waals surface area contributed by atoms with Crippen molar-refractivity contribution in [2.75, 3.05) is 16.8 Å². The third-order valence-electron chi connectivity index (χ3n) is 4.00. The fourth-order valence-electron chi connectivity index (χ4n) is 2.75. The van der Waals surface area contributed by atoms with E-state index in [0.29, 0.717) is 11.7 Å². The molecule has 0 spiro atoms. The van der Waals surface area contributed by atoms with Crippen molar-refractivity contribution in [1.82, 2.24) is 4.98 Å². The van der Waals surface area contributed by atoms with Crippen LogP contribution in [-0.2, 0) is 9.59 Å². The Balaban J connectivity index is 1.74. The van der Waals surface area contributed by atoms with Crippen LogP contribution < -0.4 is 10.2 Å². The molecule has 1 aromatic heterocycles. The summed E-state index contributed by atoms with van der Waals surface area (Å²) in [6.07, 6.45) is 0.240. The van der Waals surface area contributed by atoms with Crippen molar-refractivity contribution in [3.05, 3.63) is 40.4 Å². The number of nitrogens with one attached hydrogen (secondary N) is 1. The van der Waals surface area contributed by atoms with Gasteiger partial charge in [-0.25, -0.2) is 4.98 Å². The lowest BCUT2D eigenvalue weighted by atomic mass is 10.1. The molecule has 1 aliphatic rings. The number of amides is 2. The van der Waals surface area contributed by atoms with Gasteiger partial charge in [-0.05, 0) is 38.0 Å². The van der Waals surface area contributed by atoms with E-state index in [4.69, 9.17) is 0 Å². The second-order valence-electron chi connectivity index (χ2n) is 5.98. The van der Waals surface area contributed by atoms with E-state index < -0.39 is 0 Å². The fourth-order valence-corrected chi connectivity index (χ4v) is 3.44. The van der Waals surface area contributed by atoms with E-state index in [2.05, 4.69) is 10.3 Å². The summed E-state index contributed by atoms with van der Waals surface area (Å²) in [6.45, 7) is 6.28. The third-order valence-corrected chi connectivity index (χ3v) is 4.88. The summed E-state index contributed by atoms with van der Waals surface area (Å²) in [5.74, 6) is -0.485. The van der Waals surface area contributed by atoms with Crippen molar-refractivity contribution >= 4 is 34.0 Å². The van der Waals surface area contributed by atoms with Crippen LogP contribution in [-0.4, -0.2) is 23.3 Å². The van der Waals surface area contributed by atoms with Gasteiger partial charge in [0, 0.05) is 24.0 Å². The predicted molar refractivity (Wildman–Crippen MR) is 91.9 cm³/mol. The number of aromatic nitrogens is 1. The molecule has 0 bridgehead atoms. The van der Waals surface area contributed by atoms with E-state index in [-0.39, 0.29) is 24.2 Å². The summed E-state index contributed by atoms with van der Waals surface area (Å²) < 4.78 is 0. The van der Waals surface area contributed by atoms with Gasteiger partial charge >= 0.3 is 0 Å². The molecule has 1 atom stereocenters. The van der Waals surface area contributed by atoms with Crippen LogP contribution in [0.3, 0.4) is 0 Å². The molecule has 0 aliphatic carbocycles. The Bertz CT molecular complexity index is 769. The van der Waals surface area contributed by atoms with Gasteiger partial charge in [-0.3, -0.25) is 9.59 Å². The SMILES string of the molecule is Cc1ccc(C)c(N2CC(C(=O)Nc3nc(C)cs3)CC2=O)c1. The van der Waals surface area contributed by atoms with Crippen LogP contribution >= 0.6 is 11.3 Å². The van der Waals surface area contributed by atoms with Crippen LogP contribution in [0, 0.1) is 26.7 Å². The normalized spacial score (nSPS) is 17.6. The van der Waals surface area contributed by atoms with Gasteiger partial charge in [-0.1, -0.05) is 12.1 Å². The first kappa shape index (κ1) is 15.7. The van der Waals surface area contributed by atoms with Gasteiger partial charge in [0.15, 0.2) is 5.13 Å². The van der Waals surface area contributed by atoms with Crippen molar-refractivity contribution < 1.29 is 9.59 Å². The first-order valence-corrected chi connectivity index (χ1v) is 8.42. The van der Waals surface area contributed by atoms with Gasteiger partial charge in [0.1, 0.15) is 0 Å². The fraction of sp³-hybridized carbons (Fsp3) is 0.353. The molecule has 120 valence electrons. The minimum absolute atomic E-state index is 0.00540. The van der Waals surface area contributed by atoms with Crippen LogP contribution in [0.5, 0.6) is 0 Å². The topological polar surface area (TPSA) is 62.3 Å². The van der Waals surface area contributed by atoms with E-state index in [1.807, 2.05) is 44.4 Å². The van der Waals surface area contributed by atoms with E-state index in [9.17, 15) is 9.59 Å². The van der Waals surface area contributed by atoms with Crippen LogP contribution in [0.4, 0.5) is 10.8 Å². The zero-order chi connectivity index (χ0) is 16.6. The van der Waals surface area contributed by atoms with E-state index in [1.165, 1.54) is 11.3 Å². The summed E-state index contributed by atoms with van der Waals surface area (Å²) in [5.41, 5.74) is 3.92. The molecule has 5 nitrogen and oxygen atoms in total. The van der Waals surface area contributed by atoms with Crippen molar-refractivity contribution in [2.24, 2.45) is 5.92 Å². The Hall–Kier alpha value is -2.21. The summed E-state index contributed by atoms with van der Waals surface area (Å²) >= 11 is 1.40. The van der Waals surface area contributed by atoms with Crippen LogP contribution in [0.2, 0.25) is 0 Å². The molecule has 1 fully saturated rings. The second-order valence-corrected chi connectivity index (χ2v) is 6.84. The zero-order valence-electron chi connectivity index (χ0n) is 13.4. The predicted octanol–water partition coefficient (Wildman–Crippen LogP) is 3.06. The summed E-state index contributed by atoms with van der Waals surface area (Å²) in [5, 5.41) is 5.29. The maximum atomic E-state index is 12.4. The number of aryl methyl sites for hydroxylation is 3. The number of nitrogens with zero attached hydrogens (tertiary/aromatic N) is 2. The summed E-state index contributed by atoms with van der Waals surface area (Å²) in [4.78, 5) is 30.7. The molecular weight excluding hydrogens is 310 g/mol. The van der Waals surface area contributed by atoms with Crippen LogP contribution in [0.15, 0.2) is 23.6 Å². The highest BCUT2D eigenvalue weighted by atomic mass is 32.1. The third kappa shape index (κ3) is 3.27. The maximum absolute atomic E-state index is 12.4. The lowest BCUT2D eigenvalue weighted by Crippen LogP contribution is -2.28. The van der Waals surface area contributed by atoms with Gasteiger partial charge in [-0.2, -0.15) is 0 Å². The van der Waals surface area contributed by atoms with Gasteiger partial charge in [0.2, 0.25) is 11.8 Å². The number of carbonyl (C=O) groups excluding carboxylic acids is 2. The Kier molecular flexibility index (Phi) is 4.17. The number of carbonyl (C=O) groups is 2. The van der Waals surface area contributed by atoms with Gasteiger partial charge < -0.3 is 10.2 Å². The molecule has 1 saturated heterocycles. The largest absolute Gasteiger partial charge is 0.311 e. The molecule has 2 aromatic rings. The molecule has 1 aliphatic heterocycles. The molecular formula is C17H19N3O2S. The Morgan fingerprint density at radius 3 is 2.83 bits per heavy atom. The van der Waals surface area contributed by atoms with Crippen molar-refractivity contribution in [2.45, 2.75) is 27.2 Å². The lowest BCUT2D eigenvalue weighted by molar-refractivity contribution is -0.122. The number of benzene rings is 1. The van der Waals surface area contributed by atoms with Gasteiger partial charge in [0.25, 0.3) is 0 Å². The summed E-state index contributed by atoms with van der Waals surface area (Å²) in [6, 6.07) is 6.02. The van der Waals surface area contributed by atoms with Crippen LogP contribution in [0.25, 0.3) is 0 Å². The minimum atomic E-state index is -0.341. The van der Waals surface area contributed by atoms with E-state index >= 15 is 0 Å². The number of hydrogen-bond donors (Lipinski definition) is 1. The highest BCUT2D eigenvalue weighted by Gasteiger charge is 2.35. The molecule has 1 unspecified atom stereocenters. The average molecular weight is 329 g/mol. The van der Waals surface area contributed by atoms with Crippen molar-refractivity contribution in [1.29, 1.82) is 0 Å². The monoisotopic (exact) mass is 329 g/mol. The molecule has 2 heterocycles. The quantitative estimate of drug-likeness (QED) is 0.941. The number of rotatable bonds is 3. The number of anilines is 2. The molecule has 2 amide bonds. The van der Waals surface area contributed by atoms with Crippen LogP contribution in [0.1, 0.15) is 23.2 Å². The Labute approximate surface area is 139 Å². The minimum Gasteiger partial charge on any atom is -0.311 e. The lowest BCUT2D eigenvalue weighted by Gasteiger charge is -2.19. The first-order valence-electron chi connectivity index (χ1n) is 7.54. The highest BCUT2D eigenvalue weighted by molar-refractivity contribution is 7.13. The zero-order valence-corrected chi connectivity index (χ0v) is 14.2. The Morgan fingerprint density at radius 1 is 1.35 bits per heavy atom. The second kappa shape index (κ2) is 6.12. The Morgan fingerprint density at radius 2 is 2.13 bits per heavy atom. The van der Waals surface area contributed by atoms with Gasteiger partial charge in [-0.15, -0.1) is 11.3 Å².